The molecule has 1 amide bonds. The molecule has 2 saturated heterocycles. The molecule has 31 heavy (non-hydrogen) atoms. The molecule has 2 aromatic rings. The lowest BCUT2D eigenvalue weighted by Crippen LogP contribution is -2.35. The number of anilines is 2. The van der Waals surface area contributed by atoms with Crippen molar-refractivity contribution in [3.63, 3.8) is 0 Å². The van der Waals surface area contributed by atoms with Crippen molar-refractivity contribution in [3.05, 3.63) is 53.3 Å². The fraction of sp³-hybridized carbons (Fsp3) is 0.435. The van der Waals surface area contributed by atoms with Gasteiger partial charge in [0.1, 0.15) is 5.82 Å². The molecule has 0 radical (unpaired) electrons. The minimum Gasteiger partial charge on any atom is -0.371 e. The van der Waals surface area contributed by atoms with Gasteiger partial charge in [0, 0.05) is 37.6 Å². The van der Waals surface area contributed by atoms with Crippen LogP contribution in [0.5, 0.6) is 0 Å². The summed E-state index contributed by atoms with van der Waals surface area (Å²) in [7, 11) is -3.66. The van der Waals surface area contributed by atoms with Gasteiger partial charge in [0.2, 0.25) is 10.0 Å². The molecular formula is C23H28FN3O3S. The van der Waals surface area contributed by atoms with Crippen LogP contribution in [-0.4, -0.2) is 44.8 Å². The molecule has 0 saturated carbocycles. The number of piperidine rings is 1. The van der Waals surface area contributed by atoms with Gasteiger partial charge in [-0.1, -0.05) is 6.42 Å². The number of carbonyl (C=O) groups is 1. The summed E-state index contributed by atoms with van der Waals surface area (Å²) in [6.07, 6.45) is 4.80. The lowest BCUT2D eigenvalue weighted by atomic mass is 10.1. The van der Waals surface area contributed by atoms with Crippen LogP contribution >= 0.6 is 0 Å². The summed E-state index contributed by atoms with van der Waals surface area (Å²) >= 11 is 0. The third-order valence-corrected chi connectivity index (χ3v) is 7.94. The fourth-order valence-corrected chi connectivity index (χ4v) is 5.85. The van der Waals surface area contributed by atoms with Crippen LogP contribution in [0.25, 0.3) is 0 Å². The molecule has 0 spiro atoms. The van der Waals surface area contributed by atoms with E-state index in [0.717, 1.165) is 50.9 Å². The summed E-state index contributed by atoms with van der Waals surface area (Å²) < 4.78 is 41.3. The number of carbonyl (C=O) groups excluding carboxylic acids is 1. The average Bonchev–Trinajstić information content (AvgIpc) is 3.30. The Kier molecular flexibility index (Phi) is 6.29. The number of hydrogen-bond acceptors (Lipinski definition) is 4. The van der Waals surface area contributed by atoms with Crippen LogP contribution in [0.2, 0.25) is 0 Å². The van der Waals surface area contributed by atoms with E-state index in [4.69, 9.17) is 0 Å². The van der Waals surface area contributed by atoms with Gasteiger partial charge < -0.3 is 10.2 Å². The van der Waals surface area contributed by atoms with Crippen molar-refractivity contribution >= 4 is 27.3 Å². The van der Waals surface area contributed by atoms with Gasteiger partial charge in [-0.3, -0.25) is 4.79 Å². The van der Waals surface area contributed by atoms with Gasteiger partial charge in [0.05, 0.1) is 10.5 Å². The van der Waals surface area contributed by atoms with Crippen LogP contribution in [-0.2, 0) is 10.0 Å². The third kappa shape index (κ3) is 4.60. The highest BCUT2D eigenvalue weighted by Crippen LogP contribution is 2.30. The summed E-state index contributed by atoms with van der Waals surface area (Å²) in [5, 5.41) is 2.84. The van der Waals surface area contributed by atoms with E-state index in [1.54, 1.807) is 19.1 Å². The highest BCUT2D eigenvalue weighted by Gasteiger charge is 2.29. The van der Waals surface area contributed by atoms with Gasteiger partial charge in [0.25, 0.3) is 5.91 Å². The Hall–Kier alpha value is -2.45. The second kappa shape index (κ2) is 8.96. The average molecular weight is 446 g/mol. The number of nitrogens with zero attached hydrogens (tertiary/aromatic N) is 2. The van der Waals surface area contributed by atoms with Crippen molar-refractivity contribution in [1.82, 2.24) is 4.31 Å². The number of aryl methyl sites for hydroxylation is 1. The fourth-order valence-electron chi connectivity index (χ4n) is 4.30. The highest BCUT2D eigenvalue weighted by molar-refractivity contribution is 7.89. The first kappa shape index (κ1) is 21.8. The molecule has 166 valence electrons. The molecule has 0 aliphatic carbocycles. The zero-order valence-corrected chi connectivity index (χ0v) is 18.5. The topological polar surface area (TPSA) is 69.7 Å². The molecule has 0 atom stereocenters. The van der Waals surface area contributed by atoms with Crippen molar-refractivity contribution < 1.29 is 17.6 Å². The van der Waals surface area contributed by atoms with Crippen molar-refractivity contribution in [2.75, 3.05) is 36.4 Å². The number of benzene rings is 2. The molecule has 2 heterocycles. The van der Waals surface area contributed by atoms with Gasteiger partial charge >= 0.3 is 0 Å². The first-order valence-electron chi connectivity index (χ1n) is 10.8. The van der Waals surface area contributed by atoms with E-state index in [9.17, 15) is 17.6 Å². The Morgan fingerprint density at radius 1 is 0.935 bits per heavy atom. The molecule has 8 heteroatoms. The summed E-state index contributed by atoms with van der Waals surface area (Å²) in [6, 6.07) is 9.01. The quantitative estimate of drug-likeness (QED) is 0.750. The van der Waals surface area contributed by atoms with Crippen LogP contribution in [0.15, 0.2) is 41.3 Å². The second-order valence-electron chi connectivity index (χ2n) is 8.25. The molecule has 0 aromatic heterocycles. The number of hydrogen-bond donors (Lipinski definition) is 1. The SMILES string of the molecule is Cc1cc(F)ccc1NC(=O)c1cc(S(=O)(=O)N2CCCCC2)ccc1N1CCCC1. The molecule has 2 fully saturated rings. The Labute approximate surface area is 183 Å². The van der Waals surface area contributed by atoms with Crippen molar-refractivity contribution in [2.24, 2.45) is 0 Å². The van der Waals surface area contributed by atoms with E-state index in [2.05, 4.69) is 10.2 Å². The minimum absolute atomic E-state index is 0.137. The van der Waals surface area contributed by atoms with Crippen LogP contribution in [0.4, 0.5) is 15.8 Å². The lowest BCUT2D eigenvalue weighted by molar-refractivity contribution is 0.102. The van der Waals surface area contributed by atoms with Crippen LogP contribution in [0.3, 0.4) is 0 Å². The largest absolute Gasteiger partial charge is 0.371 e. The van der Waals surface area contributed by atoms with Crippen molar-refractivity contribution in [2.45, 2.75) is 43.9 Å². The predicted octanol–water partition coefficient (Wildman–Crippen LogP) is 4.16. The Balaban J connectivity index is 1.70. The van der Waals surface area contributed by atoms with Crippen molar-refractivity contribution in [1.29, 1.82) is 0 Å². The van der Waals surface area contributed by atoms with Gasteiger partial charge in [-0.15, -0.1) is 0 Å². The van der Waals surface area contributed by atoms with Crippen LogP contribution in [0, 0.1) is 12.7 Å². The maximum Gasteiger partial charge on any atom is 0.257 e. The van der Waals surface area contributed by atoms with E-state index in [1.165, 1.54) is 28.6 Å². The monoisotopic (exact) mass is 445 g/mol. The first-order valence-corrected chi connectivity index (χ1v) is 12.3. The molecule has 0 bridgehead atoms. The summed E-state index contributed by atoms with van der Waals surface area (Å²) in [6.45, 7) is 4.39. The maximum absolute atomic E-state index is 13.4. The van der Waals surface area contributed by atoms with E-state index in [-0.39, 0.29) is 10.7 Å². The zero-order chi connectivity index (χ0) is 22.0. The Morgan fingerprint density at radius 2 is 1.61 bits per heavy atom. The molecule has 2 aliphatic heterocycles. The summed E-state index contributed by atoms with van der Waals surface area (Å²) in [4.78, 5) is 15.5. The smallest absolute Gasteiger partial charge is 0.257 e. The zero-order valence-electron chi connectivity index (χ0n) is 17.7. The van der Waals surface area contributed by atoms with Gasteiger partial charge in [-0.25, -0.2) is 12.8 Å². The molecule has 0 unspecified atom stereocenters. The Morgan fingerprint density at radius 3 is 2.29 bits per heavy atom. The maximum atomic E-state index is 13.4. The number of halogens is 1. The molecule has 2 aromatic carbocycles. The van der Waals surface area contributed by atoms with Crippen LogP contribution in [0.1, 0.15) is 48.0 Å². The van der Waals surface area contributed by atoms with Gasteiger partial charge in [-0.05, 0) is 74.6 Å². The highest BCUT2D eigenvalue weighted by atomic mass is 32.2. The molecular weight excluding hydrogens is 417 g/mol. The lowest BCUT2D eigenvalue weighted by Gasteiger charge is -2.27. The van der Waals surface area contributed by atoms with Crippen LogP contribution < -0.4 is 10.2 Å². The van der Waals surface area contributed by atoms with E-state index < -0.39 is 15.9 Å². The van der Waals surface area contributed by atoms with E-state index in [1.807, 2.05) is 0 Å². The molecule has 6 nitrogen and oxygen atoms in total. The summed E-state index contributed by atoms with van der Waals surface area (Å²) in [5.41, 5.74) is 2.16. The van der Waals surface area contributed by atoms with Gasteiger partial charge in [0.15, 0.2) is 0 Å². The molecule has 1 N–H and O–H groups in total. The van der Waals surface area contributed by atoms with Gasteiger partial charge in [-0.2, -0.15) is 4.31 Å². The predicted molar refractivity (Wildman–Crippen MR) is 120 cm³/mol. The van der Waals surface area contributed by atoms with E-state index in [0.29, 0.717) is 29.9 Å². The number of amides is 1. The second-order valence-corrected chi connectivity index (χ2v) is 10.2. The number of sulfonamides is 1. The Bertz CT molecular complexity index is 1080. The molecule has 2 aliphatic rings. The summed E-state index contributed by atoms with van der Waals surface area (Å²) in [5.74, 6) is -0.768. The number of nitrogens with one attached hydrogen (secondary N) is 1. The standard InChI is InChI=1S/C23H28FN3O3S/c1-17-15-18(24)7-9-21(17)25-23(28)20-16-19(8-10-22(20)26-11-5-6-12-26)31(29,30)27-13-3-2-4-14-27/h7-10,15-16H,2-6,11-14H2,1H3,(H,25,28). The minimum atomic E-state index is -3.66. The molecule has 4 rings (SSSR count). The number of rotatable bonds is 5. The normalized spacial score (nSPS) is 17.7. The third-order valence-electron chi connectivity index (χ3n) is 6.05. The van der Waals surface area contributed by atoms with Crippen molar-refractivity contribution in [3.8, 4) is 0 Å². The first-order chi connectivity index (χ1) is 14.9. The van der Waals surface area contributed by atoms with E-state index >= 15 is 0 Å².